The number of aromatic nitrogens is 1. The Kier molecular flexibility index (Phi) is 3.42. The summed E-state index contributed by atoms with van der Waals surface area (Å²) in [6.07, 6.45) is 1.17. The van der Waals surface area contributed by atoms with Crippen molar-refractivity contribution in [3.63, 3.8) is 0 Å². The number of aliphatic hydroxyl groups excluding tert-OH is 1. The van der Waals surface area contributed by atoms with Crippen molar-refractivity contribution in [2.75, 3.05) is 6.61 Å². The molecule has 1 aromatic carbocycles. The molecular weight excluding hydrogens is 240 g/mol. The molecule has 7 heteroatoms. The summed E-state index contributed by atoms with van der Waals surface area (Å²) in [5.41, 5.74) is 0.654. The predicted octanol–water partition coefficient (Wildman–Crippen LogP) is 1.28. The van der Waals surface area contributed by atoms with Gasteiger partial charge in [0.05, 0.1) is 10.4 Å². The van der Waals surface area contributed by atoms with E-state index in [2.05, 4.69) is 0 Å². The van der Waals surface area contributed by atoms with E-state index in [9.17, 15) is 14.9 Å². The Balaban J connectivity index is 2.43. The molecule has 0 saturated heterocycles. The van der Waals surface area contributed by atoms with E-state index < -0.39 is 10.7 Å². The van der Waals surface area contributed by atoms with Gasteiger partial charge in [-0.15, -0.1) is 0 Å². The van der Waals surface area contributed by atoms with Gasteiger partial charge in [0.25, 0.3) is 5.69 Å². The molecule has 1 aromatic heterocycles. The molecule has 2 rings (SSSR count). The van der Waals surface area contributed by atoms with Crippen LogP contribution in [0.4, 0.5) is 5.69 Å². The number of rotatable bonds is 5. The van der Waals surface area contributed by atoms with Crippen molar-refractivity contribution in [1.82, 2.24) is 4.57 Å². The first kappa shape index (κ1) is 12.3. The molecule has 0 amide bonds. The molecule has 0 aliphatic heterocycles. The predicted molar refractivity (Wildman–Crippen MR) is 63.4 cm³/mol. The van der Waals surface area contributed by atoms with Crippen LogP contribution in [-0.2, 0) is 6.54 Å². The number of non-ortho nitro benzene ring substituents is 1. The third-order valence-corrected chi connectivity index (χ3v) is 2.65. The summed E-state index contributed by atoms with van der Waals surface area (Å²) >= 11 is 0. The van der Waals surface area contributed by atoms with Crippen molar-refractivity contribution < 1.29 is 14.4 Å². The normalized spacial score (nSPS) is 10.9. The Morgan fingerprint density at radius 2 is 2.17 bits per heavy atom. The van der Waals surface area contributed by atoms with Crippen molar-refractivity contribution in [3.05, 3.63) is 38.9 Å². The molecule has 1 N–H and O–H groups in total. The zero-order chi connectivity index (χ0) is 13.1. The number of benzene rings is 1. The van der Waals surface area contributed by atoms with Crippen LogP contribution in [-0.4, -0.2) is 21.2 Å². The van der Waals surface area contributed by atoms with E-state index >= 15 is 0 Å². The number of oxazole rings is 1. The minimum atomic E-state index is -0.538. The van der Waals surface area contributed by atoms with Crippen LogP contribution < -0.4 is 5.76 Å². The largest absolute Gasteiger partial charge is 0.419 e. The highest BCUT2D eigenvalue weighted by molar-refractivity contribution is 5.75. The van der Waals surface area contributed by atoms with E-state index in [0.29, 0.717) is 30.5 Å². The van der Waals surface area contributed by atoms with Gasteiger partial charge in [0.15, 0.2) is 5.58 Å². The van der Waals surface area contributed by atoms with Gasteiger partial charge in [-0.05, 0) is 18.9 Å². The van der Waals surface area contributed by atoms with E-state index in [4.69, 9.17) is 9.52 Å². The summed E-state index contributed by atoms with van der Waals surface area (Å²) in [5, 5.41) is 19.4. The highest BCUT2D eigenvalue weighted by Gasteiger charge is 2.13. The highest BCUT2D eigenvalue weighted by Crippen LogP contribution is 2.20. The third kappa shape index (κ3) is 2.25. The summed E-state index contributed by atoms with van der Waals surface area (Å²) < 4.78 is 6.33. The molecule has 0 aliphatic rings. The first-order valence-corrected chi connectivity index (χ1v) is 5.52. The first-order chi connectivity index (χ1) is 8.63. The lowest BCUT2D eigenvalue weighted by Gasteiger charge is -2.00. The van der Waals surface area contributed by atoms with Crippen LogP contribution in [0.2, 0.25) is 0 Å². The van der Waals surface area contributed by atoms with Crippen LogP contribution >= 0.6 is 0 Å². The van der Waals surface area contributed by atoms with Crippen LogP contribution in [0.15, 0.2) is 27.4 Å². The Labute approximate surface area is 101 Å². The molecule has 0 aliphatic carbocycles. The van der Waals surface area contributed by atoms with Crippen LogP contribution in [0.5, 0.6) is 0 Å². The molecule has 0 fully saturated rings. The number of aliphatic hydroxyl groups is 1. The maximum Gasteiger partial charge on any atom is 0.419 e. The Hall–Kier alpha value is -2.15. The molecule has 96 valence electrons. The number of hydrogen-bond donors (Lipinski definition) is 1. The van der Waals surface area contributed by atoms with Crippen LogP contribution in [0.25, 0.3) is 11.1 Å². The molecule has 0 atom stereocenters. The van der Waals surface area contributed by atoms with E-state index in [1.165, 1.54) is 22.8 Å². The second kappa shape index (κ2) is 5.01. The number of unbranched alkanes of at least 4 members (excludes halogenated alkanes) is 1. The lowest BCUT2D eigenvalue weighted by molar-refractivity contribution is -0.384. The van der Waals surface area contributed by atoms with E-state index in [0.717, 1.165) is 0 Å². The molecule has 1 heterocycles. The van der Waals surface area contributed by atoms with Crippen molar-refractivity contribution in [3.8, 4) is 0 Å². The van der Waals surface area contributed by atoms with E-state index in [-0.39, 0.29) is 12.3 Å². The smallest absolute Gasteiger partial charge is 0.408 e. The molecule has 0 unspecified atom stereocenters. The fraction of sp³-hybridized carbons (Fsp3) is 0.364. The summed E-state index contributed by atoms with van der Waals surface area (Å²) in [6.45, 7) is 0.415. The third-order valence-electron chi connectivity index (χ3n) is 2.65. The van der Waals surface area contributed by atoms with Gasteiger partial charge < -0.3 is 9.52 Å². The van der Waals surface area contributed by atoms with Crippen molar-refractivity contribution in [2.45, 2.75) is 19.4 Å². The highest BCUT2D eigenvalue weighted by atomic mass is 16.6. The Morgan fingerprint density at radius 3 is 2.83 bits per heavy atom. The van der Waals surface area contributed by atoms with Crippen molar-refractivity contribution in [1.29, 1.82) is 0 Å². The number of nitrogens with zero attached hydrogens (tertiary/aromatic N) is 2. The maximum absolute atomic E-state index is 11.6. The molecule has 2 aromatic rings. The van der Waals surface area contributed by atoms with Gasteiger partial charge in [0, 0.05) is 25.3 Å². The average Bonchev–Trinajstić information content (AvgIpc) is 2.65. The standard InChI is InChI=1S/C11H12N2O5/c14-6-2-1-5-12-9-7-8(13(16)17)3-4-10(9)18-11(12)15/h3-4,7,14H,1-2,5-6H2. The molecule has 0 spiro atoms. The van der Waals surface area contributed by atoms with Gasteiger partial charge in [0.1, 0.15) is 0 Å². The molecule has 0 bridgehead atoms. The Bertz CT molecular complexity index is 628. The zero-order valence-corrected chi connectivity index (χ0v) is 9.54. The number of hydrogen-bond acceptors (Lipinski definition) is 5. The number of nitro benzene ring substituents is 1. The first-order valence-electron chi connectivity index (χ1n) is 5.52. The van der Waals surface area contributed by atoms with Crippen molar-refractivity contribution >= 4 is 16.8 Å². The van der Waals surface area contributed by atoms with Gasteiger partial charge in [-0.25, -0.2) is 4.79 Å². The van der Waals surface area contributed by atoms with Crippen LogP contribution in [0.1, 0.15) is 12.8 Å². The summed E-state index contributed by atoms with van der Waals surface area (Å²) in [6, 6.07) is 4.03. The molecule has 7 nitrogen and oxygen atoms in total. The summed E-state index contributed by atoms with van der Waals surface area (Å²) in [4.78, 5) is 21.7. The monoisotopic (exact) mass is 252 g/mol. The average molecular weight is 252 g/mol. The zero-order valence-electron chi connectivity index (χ0n) is 9.54. The summed E-state index contributed by atoms with van der Waals surface area (Å²) in [7, 11) is 0. The lowest BCUT2D eigenvalue weighted by Crippen LogP contribution is -2.14. The maximum atomic E-state index is 11.6. The van der Waals surface area contributed by atoms with Crippen LogP contribution in [0.3, 0.4) is 0 Å². The van der Waals surface area contributed by atoms with E-state index in [1.54, 1.807) is 0 Å². The summed E-state index contributed by atoms with van der Waals surface area (Å²) in [5.74, 6) is -0.538. The van der Waals surface area contributed by atoms with Crippen molar-refractivity contribution in [2.24, 2.45) is 0 Å². The minimum Gasteiger partial charge on any atom is -0.408 e. The lowest BCUT2D eigenvalue weighted by atomic mass is 10.2. The van der Waals surface area contributed by atoms with Gasteiger partial charge in [0.2, 0.25) is 0 Å². The number of aryl methyl sites for hydroxylation is 1. The second-order valence-electron chi connectivity index (χ2n) is 3.86. The fourth-order valence-corrected chi connectivity index (χ4v) is 1.76. The van der Waals surface area contributed by atoms with E-state index in [1.807, 2.05) is 0 Å². The molecule has 18 heavy (non-hydrogen) atoms. The van der Waals surface area contributed by atoms with Crippen LogP contribution in [0, 0.1) is 10.1 Å². The SMILES string of the molecule is O=c1oc2ccc([N+](=O)[O-])cc2n1CCCCO. The van der Waals surface area contributed by atoms with Gasteiger partial charge in [-0.1, -0.05) is 0 Å². The molecule has 0 saturated carbocycles. The molecule has 0 radical (unpaired) electrons. The number of fused-ring (bicyclic) bond motifs is 1. The fourth-order valence-electron chi connectivity index (χ4n) is 1.76. The Morgan fingerprint density at radius 1 is 1.39 bits per heavy atom. The second-order valence-corrected chi connectivity index (χ2v) is 3.86. The van der Waals surface area contributed by atoms with Gasteiger partial charge in [-0.2, -0.15) is 0 Å². The number of nitro groups is 1. The molecular formula is C11H12N2O5. The van der Waals surface area contributed by atoms with Gasteiger partial charge >= 0.3 is 5.76 Å². The quantitative estimate of drug-likeness (QED) is 0.491. The topological polar surface area (TPSA) is 98.5 Å². The van der Waals surface area contributed by atoms with Gasteiger partial charge in [-0.3, -0.25) is 14.7 Å². The minimum absolute atomic E-state index is 0.0463.